The summed E-state index contributed by atoms with van der Waals surface area (Å²) in [6, 6.07) is 10.6. The second-order valence-electron chi connectivity index (χ2n) is 3.55. The van der Waals surface area contributed by atoms with E-state index in [2.05, 4.69) is 12.1 Å². The fourth-order valence-electron chi connectivity index (χ4n) is 1.24. The Morgan fingerprint density at radius 3 is 2.31 bits per heavy atom. The van der Waals surface area contributed by atoms with Crippen molar-refractivity contribution in [3.63, 3.8) is 0 Å². The molecule has 0 aliphatic carbocycles. The zero-order valence-corrected chi connectivity index (χ0v) is 8.11. The van der Waals surface area contributed by atoms with E-state index in [0.717, 1.165) is 12.8 Å². The standard InChI is InChI=1S/C11H18N2/c1-9(12)11(13)8-7-10-5-3-2-4-6-10/h2-6,9,11H,7-8,12-13H2,1H3. The molecule has 1 aromatic carbocycles. The van der Waals surface area contributed by atoms with Crippen LogP contribution in [0.2, 0.25) is 0 Å². The summed E-state index contributed by atoms with van der Waals surface area (Å²) in [4.78, 5) is 0. The summed E-state index contributed by atoms with van der Waals surface area (Å²) < 4.78 is 0. The van der Waals surface area contributed by atoms with Gasteiger partial charge in [-0.15, -0.1) is 0 Å². The second kappa shape index (κ2) is 5.00. The minimum atomic E-state index is 0.0868. The van der Waals surface area contributed by atoms with Gasteiger partial charge in [0, 0.05) is 12.1 Å². The van der Waals surface area contributed by atoms with Crippen molar-refractivity contribution in [1.29, 1.82) is 0 Å². The fourth-order valence-corrected chi connectivity index (χ4v) is 1.24. The number of hydrogen-bond donors (Lipinski definition) is 2. The van der Waals surface area contributed by atoms with Crippen molar-refractivity contribution in [1.82, 2.24) is 0 Å². The molecule has 13 heavy (non-hydrogen) atoms. The fraction of sp³-hybridized carbons (Fsp3) is 0.455. The van der Waals surface area contributed by atoms with E-state index in [0.29, 0.717) is 0 Å². The van der Waals surface area contributed by atoms with Crippen LogP contribution in [0, 0.1) is 0 Å². The van der Waals surface area contributed by atoms with Crippen molar-refractivity contribution in [3.8, 4) is 0 Å². The Morgan fingerprint density at radius 2 is 1.77 bits per heavy atom. The normalized spacial score (nSPS) is 15.3. The third-order valence-corrected chi connectivity index (χ3v) is 2.28. The van der Waals surface area contributed by atoms with Crippen LogP contribution < -0.4 is 11.5 Å². The maximum atomic E-state index is 5.84. The van der Waals surface area contributed by atoms with E-state index in [1.807, 2.05) is 25.1 Å². The van der Waals surface area contributed by atoms with E-state index >= 15 is 0 Å². The number of benzene rings is 1. The third-order valence-electron chi connectivity index (χ3n) is 2.28. The van der Waals surface area contributed by atoms with Crippen LogP contribution in [0.3, 0.4) is 0 Å². The Morgan fingerprint density at radius 1 is 1.15 bits per heavy atom. The molecule has 1 aromatic rings. The third kappa shape index (κ3) is 3.57. The maximum Gasteiger partial charge on any atom is 0.0192 e. The molecule has 2 nitrogen and oxygen atoms in total. The molecular weight excluding hydrogens is 160 g/mol. The summed E-state index contributed by atoms with van der Waals surface area (Å²) in [5.74, 6) is 0. The lowest BCUT2D eigenvalue weighted by Gasteiger charge is -2.14. The molecule has 0 bridgehead atoms. The van der Waals surface area contributed by atoms with Gasteiger partial charge in [0.2, 0.25) is 0 Å². The van der Waals surface area contributed by atoms with Gasteiger partial charge in [0.15, 0.2) is 0 Å². The molecule has 0 aromatic heterocycles. The van der Waals surface area contributed by atoms with E-state index in [1.165, 1.54) is 5.56 Å². The number of rotatable bonds is 4. The van der Waals surface area contributed by atoms with Crippen LogP contribution >= 0.6 is 0 Å². The molecule has 1 rings (SSSR count). The van der Waals surface area contributed by atoms with Gasteiger partial charge in [0.05, 0.1) is 0 Å². The smallest absolute Gasteiger partial charge is 0.0192 e. The van der Waals surface area contributed by atoms with Gasteiger partial charge < -0.3 is 11.5 Å². The van der Waals surface area contributed by atoms with Crippen LogP contribution in [-0.2, 0) is 6.42 Å². The van der Waals surface area contributed by atoms with Crippen molar-refractivity contribution in [2.45, 2.75) is 31.8 Å². The molecule has 0 aliphatic rings. The Balaban J connectivity index is 2.35. The van der Waals surface area contributed by atoms with Crippen LogP contribution in [0.5, 0.6) is 0 Å². The van der Waals surface area contributed by atoms with Crippen LogP contribution in [0.15, 0.2) is 30.3 Å². The molecule has 2 heteroatoms. The van der Waals surface area contributed by atoms with Gasteiger partial charge in [0.1, 0.15) is 0 Å². The van der Waals surface area contributed by atoms with E-state index in [-0.39, 0.29) is 12.1 Å². The van der Waals surface area contributed by atoms with Gasteiger partial charge in [-0.25, -0.2) is 0 Å². The Labute approximate surface area is 79.9 Å². The summed E-state index contributed by atoms with van der Waals surface area (Å²) in [5.41, 5.74) is 12.8. The minimum Gasteiger partial charge on any atom is -0.327 e. The molecule has 2 atom stereocenters. The molecule has 0 saturated carbocycles. The van der Waals surface area contributed by atoms with Crippen molar-refractivity contribution in [2.24, 2.45) is 11.5 Å². The largest absolute Gasteiger partial charge is 0.327 e. The highest BCUT2D eigenvalue weighted by atomic mass is 14.8. The highest BCUT2D eigenvalue weighted by molar-refractivity contribution is 5.14. The quantitative estimate of drug-likeness (QED) is 0.730. The molecule has 0 aliphatic heterocycles. The van der Waals surface area contributed by atoms with Crippen LogP contribution in [0.1, 0.15) is 18.9 Å². The average molecular weight is 178 g/mol. The molecule has 0 radical (unpaired) electrons. The highest BCUT2D eigenvalue weighted by Gasteiger charge is 2.06. The Hall–Kier alpha value is -0.860. The zero-order valence-electron chi connectivity index (χ0n) is 8.11. The van der Waals surface area contributed by atoms with Crippen molar-refractivity contribution in [3.05, 3.63) is 35.9 Å². The summed E-state index contributed by atoms with van der Waals surface area (Å²) in [6.45, 7) is 1.95. The molecule has 0 amide bonds. The lowest BCUT2D eigenvalue weighted by Crippen LogP contribution is -2.39. The first-order valence-electron chi connectivity index (χ1n) is 4.75. The van der Waals surface area contributed by atoms with Gasteiger partial charge in [-0.05, 0) is 25.3 Å². The monoisotopic (exact) mass is 178 g/mol. The first-order chi connectivity index (χ1) is 6.20. The molecule has 72 valence electrons. The molecule has 4 N–H and O–H groups in total. The molecule has 0 spiro atoms. The highest BCUT2D eigenvalue weighted by Crippen LogP contribution is 2.04. The summed E-state index contributed by atoms with van der Waals surface area (Å²) in [7, 11) is 0. The molecule has 0 fully saturated rings. The Kier molecular flexibility index (Phi) is 3.93. The van der Waals surface area contributed by atoms with E-state index in [1.54, 1.807) is 0 Å². The first kappa shape index (κ1) is 10.2. The molecule has 0 saturated heterocycles. The van der Waals surface area contributed by atoms with Crippen molar-refractivity contribution >= 4 is 0 Å². The number of hydrogen-bond acceptors (Lipinski definition) is 2. The second-order valence-corrected chi connectivity index (χ2v) is 3.55. The van der Waals surface area contributed by atoms with Crippen LogP contribution in [0.4, 0.5) is 0 Å². The van der Waals surface area contributed by atoms with Gasteiger partial charge in [0.25, 0.3) is 0 Å². The molecule has 2 unspecified atom stereocenters. The van der Waals surface area contributed by atoms with Crippen molar-refractivity contribution < 1.29 is 0 Å². The lowest BCUT2D eigenvalue weighted by molar-refractivity contribution is 0.524. The Bertz CT molecular complexity index is 231. The molecular formula is C11H18N2. The summed E-state index contributed by atoms with van der Waals surface area (Å²) >= 11 is 0. The van der Waals surface area contributed by atoms with Crippen LogP contribution in [-0.4, -0.2) is 12.1 Å². The predicted octanol–water partition coefficient (Wildman–Crippen LogP) is 1.29. The number of aryl methyl sites for hydroxylation is 1. The van der Waals surface area contributed by atoms with Gasteiger partial charge >= 0.3 is 0 Å². The van der Waals surface area contributed by atoms with E-state index in [4.69, 9.17) is 11.5 Å². The number of nitrogens with two attached hydrogens (primary N) is 2. The topological polar surface area (TPSA) is 52.0 Å². The van der Waals surface area contributed by atoms with Gasteiger partial charge in [-0.2, -0.15) is 0 Å². The SMILES string of the molecule is CC(N)C(N)CCc1ccccc1. The van der Waals surface area contributed by atoms with E-state index in [9.17, 15) is 0 Å². The lowest BCUT2D eigenvalue weighted by atomic mass is 10.0. The predicted molar refractivity (Wildman–Crippen MR) is 56.4 cm³/mol. The maximum absolute atomic E-state index is 5.84. The summed E-state index contributed by atoms with van der Waals surface area (Å²) in [5, 5.41) is 0. The first-order valence-corrected chi connectivity index (χ1v) is 4.75. The van der Waals surface area contributed by atoms with Gasteiger partial charge in [-0.1, -0.05) is 30.3 Å². The van der Waals surface area contributed by atoms with Crippen LogP contribution in [0.25, 0.3) is 0 Å². The molecule has 0 heterocycles. The summed E-state index contributed by atoms with van der Waals surface area (Å²) in [6.07, 6.45) is 1.98. The van der Waals surface area contributed by atoms with E-state index < -0.39 is 0 Å². The van der Waals surface area contributed by atoms with Crippen molar-refractivity contribution in [2.75, 3.05) is 0 Å². The average Bonchev–Trinajstić information content (AvgIpc) is 2.15. The minimum absolute atomic E-state index is 0.0868. The van der Waals surface area contributed by atoms with Gasteiger partial charge in [-0.3, -0.25) is 0 Å². The zero-order chi connectivity index (χ0) is 9.68.